The Kier molecular flexibility index (Phi) is 4.74. The first-order valence-corrected chi connectivity index (χ1v) is 7.79. The third-order valence-corrected chi connectivity index (χ3v) is 4.25. The SMILES string of the molecule is COc1cnccc1C(=O)N1CCC(Cc2cc(F)cc(F)c2)C1. The highest BCUT2D eigenvalue weighted by Crippen LogP contribution is 2.25. The molecule has 1 aromatic heterocycles. The third-order valence-electron chi connectivity index (χ3n) is 4.25. The lowest BCUT2D eigenvalue weighted by Gasteiger charge is -2.18. The molecule has 3 rings (SSSR count). The van der Waals surface area contributed by atoms with Crippen molar-refractivity contribution in [1.29, 1.82) is 0 Å². The molecule has 0 aliphatic carbocycles. The van der Waals surface area contributed by atoms with Crippen LogP contribution in [0.15, 0.2) is 36.7 Å². The molecular weight excluding hydrogens is 314 g/mol. The number of carbonyl (C=O) groups excluding carboxylic acids is 1. The Morgan fingerprint density at radius 1 is 1.33 bits per heavy atom. The van der Waals surface area contributed by atoms with Gasteiger partial charge < -0.3 is 9.64 Å². The molecule has 126 valence electrons. The summed E-state index contributed by atoms with van der Waals surface area (Å²) in [4.78, 5) is 18.3. The van der Waals surface area contributed by atoms with Crippen LogP contribution in [0.4, 0.5) is 8.78 Å². The molecule has 24 heavy (non-hydrogen) atoms. The largest absolute Gasteiger partial charge is 0.494 e. The number of likely N-dealkylation sites (tertiary alicyclic amines) is 1. The molecule has 1 unspecified atom stereocenters. The van der Waals surface area contributed by atoms with Crippen molar-refractivity contribution in [3.8, 4) is 5.75 Å². The van der Waals surface area contributed by atoms with Crippen LogP contribution in [-0.4, -0.2) is 36.0 Å². The standard InChI is InChI=1S/C18H18F2N2O2/c1-24-17-10-21-4-2-16(17)18(23)22-5-3-12(11-22)6-13-7-14(19)9-15(20)8-13/h2,4,7-10,12H,3,5-6,11H2,1H3. The molecule has 6 heteroatoms. The van der Waals surface area contributed by atoms with E-state index in [4.69, 9.17) is 4.74 Å². The fourth-order valence-electron chi connectivity index (χ4n) is 3.14. The second-order valence-electron chi connectivity index (χ2n) is 5.96. The van der Waals surface area contributed by atoms with Crippen LogP contribution in [0.25, 0.3) is 0 Å². The van der Waals surface area contributed by atoms with Gasteiger partial charge in [0.15, 0.2) is 0 Å². The molecule has 0 N–H and O–H groups in total. The van der Waals surface area contributed by atoms with Crippen molar-refractivity contribution in [3.05, 3.63) is 59.4 Å². The molecule has 0 saturated carbocycles. The molecule has 2 heterocycles. The second kappa shape index (κ2) is 6.95. The van der Waals surface area contributed by atoms with E-state index < -0.39 is 11.6 Å². The van der Waals surface area contributed by atoms with E-state index >= 15 is 0 Å². The average Bonchev–Trinajstić information content (AvgIpc) is 3.01. The van der Waals surface area contributed by atoms with Gasteiger partial charge in [-0.1, -0.05) is 0 Å². The molecule has 0 spiro atoms. The minimum atomic E-state index is -0.572. The fraction of sp³-hybridized carbons (Fsp3) is 0.333. The van der Waals surface area contributed by atoms with Gasteiger partial charge in [-0.15, -0.1) is 0 Å². The Labute approximate surface area is 139 Å². The molecule has 0 radical (unpaired) electrons. The van der Waals surface area contributed by atoms with E-state index in [1.54, 1.807) is 17.2 Å². The zero-order valence-corrected chi connectivity index (χ0v) is 13.3. The molecule has 4 nitrogen and oxygen atoms in total. The van der Waals surface area contributed by atoms with Crippen LogP contribution in [0, 0.1) is 17.6 Å². The summed E-state index contributed by atoms with van der Waals surface area (Å²) in [6, 6.07) is 5.19. The van der Waals surface area contributed by atoms with Gasteiger partial charge in [-0.2, -0.15) is 0 Å². The van der Waals surface area contributed by atoms with Crippen molar-refractivity contribution in [2.24, 2.45) is 5.92 Å². The fourth-order valence-corrected chi connectivity index (χ4v) is 3.14. The van der Waals surface area contributed by atoms with Gasteiger partial charge in [-0.25, -0.2) is 8.78 Å². The summed E-state index contributed by atoms with van der Waals surface area (Å²) in [6.45, 7) is 1.18. The predicted octanol–water partition coefficient (Wildman–Crippen LogP) is 3.07. The number of methoxy groups -OCH3 is 1. The number of amides is 1. The third kappa shape index (κ3) is 3.53. The monoisotopic (exact) mass is 332 g/mol. The number of rotatable bonds is 4. The van der Waals surface area contributed by atoms with E-state index in [9.17, 15) is 13.6 Å². The molecule has 1 aromatic carbocycles. The molecule has 1 fully saturated rings. The number of carbonyl (C=O) groups is 1. The molecule has 2 aromatic rings. The van der Waals surface area contributed by atoms with Crippen molar-refractivity contribution in [2.75, 3.05) is 20.2 Å². The number of benzene rings is 1. The summed E-state index contributed by atoms with van der Waals surface area (Å²) in [7, 11) is 1.50. The van der Waals surface area contributed by atoms with Crippen LogP contribution in [-0.2, 0) is 6.42 Å². The lowest BCUT2D eigenvalue weighted by Crippen LogP contribution is -2.29. The van der Waals surface area contributed by atoms with E-state index in [1.807, 2.05) is 0 Å². The number of hydrogen-bond acceptors (Lipinski definition) is 3. The van der Waals surface area contributed by atoms with E-state index in [0.717, 1.165) is 12.5 Å². The molecule has 0 bridgehead atoms. The van der Waals surface area contributed by atoms with E-state index in [1.165, 1.54) is 25.4 Å². The topological polar surface area (TPSA) is 42.4 Å². The van der Waals surface area contributed by atoms with Gasteiger partial charge in [0.2, 0.25) is 0 Å². The summed E-state index contributed by atoms with van der Waals surface area (Å²) in [5.41, 5.74) is 1.10. The molecule has 1 saturated heterocycles. The highest BCUT2D eigenvalue weighted by Gasteiger charge is 2.28. The summed E-state index contributed by atoms with van der Waals surface area (Å²) in [6.07, 6.45) is 4.42. The molecule has 1 aliphatic rings. The molecule has 1 aliphatic heterocycles. The van der Waals surface area contributed by atoms with Crippen LogP contribution in [0.1, 0.15) is 22.3 Å². The Morgan fingerprint density at radius 2 is 2.08 bits per heavy atom. The number of aromatic nitrogens is 1. The van der Waals surface area contributed by atoms with Crippen molar-refractivity contribution < 1.29 is 18.3 Å². The zero-order valence-electron chi connectivity index (χ0n) is 13.3. The maximum Gasteiger partial charge on any atom is 0.257 e. The van der Waals surface area contributed by atoms with E-state index in [0.29, 0.717) is 36.4 Å². The smallest absolute Gasteiger partial charge is 0.257 e. The van der Waals surface area contributed by atoms with Crippen molar-refractivity contribution in [3.63, 3.8) is 0 Å². The Balaban J connectivity index is 1.67. The van der Waals surface area contributed by atoms with Gasteiger partial charge in [0.25, 0.3) is 5.91 Å². The first-order chi connectivity index (χ1) is 11.6. The number of pyridine rings is 1. The summed E-state index contributed by atoms with van der Waals surface area (Å²) in [5, 5.41) is 0. The average molecular weight is 332 g/mol. The zero-order chi connectivity index (χ0) is 17.1. The lowest BCUT2D eigenvalue weighted by atomic mass is 9.98. The van der Waals surface area contributed by atoms with Gasteiger partial charge >= 0.3 is 0 Å². The summed E-state index contributed by atoms with van der Waals surface area (Å²) >= 11 is 0. The number of halogens is 2. The lowest BCUT2D eigenvalue weighted by molar-refractivity contribution is 0.0783. The first-order valence-electron chi connectivity index (χ1n) is 7.79. The highest BCUT2D eigenvalue weighted by atomic mass is 19.1. The quantitative estimate of drug-likeness (QED) is 0.864. The Morgan fingerprint density at radius 3 is 2.79 bits per heavy atom. The normalized spacial score (nSPS) is 17.1. The summed E-state index contributed by atoms with van der Waals surface area (Å²) in [5.74, 6) is -0.627. The van der Waals surface area contributed by atoms with Crippen LogP contribution >= 0.6 is 0 Å². The van der Waals surface area contributed by atoms with Crippen molar-refractivity contribution in [2.45, 2.75) is 12.8 Å². The van der Waals surface area contributed by atoms with Gasteiger partial charge in [0.05, 0.1) is 18.9 Å². The molecule has 1 atom stereocenters. The molecular formula is C18H18F2N2O2. The van der Waals surface area contributed by atoms with Gasteiger partial charge in [-0.05, 0) is 42.5 Å². The Hall–Kier alpha value is -2.50. The predicted molar refractivity (Wildman–Crippen MR) is 84.9 cm³/mol. The number of ether oxygens (including phenoxy) is 1. The van der Waals surface area contributed by atoms with Crippen LogP contribution in [0.5, 0.6) is 5.75 Å². The van der Waals surface area contributed by atoms with Crippen molar-refractivity contribution in [1.82, 2.24) is 9.88 Å². The van der Waals surface area contributed by atoms with Gasteiger partial charge in [0.1, 0.15) is 17.4 Å². The van der Waals surface area contributed by atoms with Crippen molar-refractivity contribution >= 4 is 5.91 Å². The summed E-state index contributed by atoms with van der Waals surface area (Å²) < 4.78 is 31.8. The second-order valence-corrected chi connectivity index (χ2v) is 5.96. The first kappa shape index (κ1) is 16.4. The highest BCUT2D eigenvalue weighted by molar-refractivity contribution is 5.96. The van der Waals surface area contributed by atoms with E-state index in [-0.39, 0.29) is 11.8 Å². The maximum absolute atomic E-state index is 13.3. The van der Waals surface area contributed by atoms with Gasteiger partial charge in [0, 0.05) is 25.4 Å². The maximum atomic E-state index is 13.3. The number of hydrogen-bond donors (Lipinski definition) is 0. The van der Waals surface area contributed by atoms with Crippen LogP contribution < -0.4 is 4.74 Å². The minimum absolute atomic E-state index is 0.109. The van der Waals surface area contributed by atoms with Crippen LogP contribution in [0.3, 0.4) is 0 Å². The minimum Gasteiger partial charge on any atom is -0.494 e. The van der Waals surface area contributed by atoms with Crippen LogP contribution in [0.2, 0.25) is 0 Å². The van der Waals surface area contributed by atoms with E-state index in [2.05, 4.69) is 4.98 Å². The Bertz CT molecular complexity index is 731. The van der Waals surface area contributed by atoms with Gasteiger partial charge in [-0.3, -0.25) is 9.78 Å². The number of nitrogens with zero attached hydrogens (tertiary/aromatic N) is 2. The molecule has 1 amide bonds.